The number of carbonyl (C=O) groups is 1. The van der Waals surface area contributed by atoms with Crippen LogP contribution in [0.15, 0.2) is 16.9 Å². The Balaban J connectivity index is 4.16. The zero-order chi connectivity index (χ0) is 10.3. The van der Waals surface area contributed by atoms with Crippen LogP contribution in [0.25, 0.3) is 0 Å². The average molecular weight is 181 g/mol. The summed E-state index contributed by atoms with van der Waals surface area (Å²) in [6.45, 7) is 6.78. The summed E-state index contributed by atoms with van der Waals surface area (Å²) in [5.41, 5.74) is 0.520. The minimum atomic E-state index is -0.0960. The van der Waals surface area contributed by atoms with Crippen molar-refractivity contribution in [1.82, 2.24) is 5.32 Å². The van der Waals surface area contributed by atoms with Gasteiger partial charge >= 0.3 is 0 Å². The van der Waals surface area contributed by atoms with Gasteiger partial charge in [-0.05, 0) is 19.7 Å². The second kappa shape index (κ2) is 6.11. The molecule has 0 aliphatic carbocycles. The van der Waals surface area contributed by atoms with Crippen LogP contribution < -0.4 is 5.32 Å². The Hall–Kier alpha value is -1.45. The monoisotopic (exact) mass is 181 g/mol. The van der Waals surface area contributed by atoms with Gasteiger partial charge in [0.25, 0.3) is 0 Å². The lowest BCUT2D eigenvalue weighted by Crippen LogP contribution is -2.20. The van der Waals surface area contributed by atoms with Crippen LogP contribution in [0, 0.1) is 5.41 Å². The van der Waals surface area contributed by atoms with Crippen molar-refractivity contribution in [2.24, 2.45) is 4.99 Å². The van der Waals surface area contributed by atoms with Crippen LogP contribution in [-0.4, -0.2) is 18.3 Å². The van der Waals surface area contributed by atoms with E-state index in [0.29, 0.717) is 24.4 Å². The van der Waals surface area contributed by atoms with Crippen molar-refractivity contribution in [3.8, 4) is 0 Å². The van der Waals surface area contributed by atoms with Crippen LogP contribution in [0.5, 0.6) is 0 Å². The lowest BCUT2D eigenvalue weighted by Gasteiger charge is -2.02. The summed E-state index contributed by atoms with van der Waals surface area (Å²) in [4.78, 5) is 14.6. The van der Waals surface area contributed by atoms with Gasteiger partial charge in [-0.25, -0.2) is 4.99 Å². The first kappa shape index (κ1) is 11.6. The van der Waals surface area contributed by atoms with Crippen LogP contribution in [0.2, 0.25) is 0 Å². The Morgan fingerprint density at radius 2 is 2.31 bits per heavy atom. The van der Waals surface area contributed by atoms with E-state index in [2.05, 4.69) is 17.0 Å². The largest absolute Gasteiger partial charge is 0.311 e. The second-order valence-electron chi connectivity index (χ2n) is 2.63. The van der Waals surface area contributed by atoms with E-state index in [9.17, 15) is 4.79 Å². The molecule has 72 valence electrons. The number of hydrogen-bond acceptors (Lipinski definition) is 3. The van der Waals surface area contributed by atoms with Crippen molar-refractivity contribution >= 4 is 18.3 Å². The van der Waals surface area contributed by atoms with Crippen LogP contribution in [0.3, 0.4) is 0 Å². The average Bonchev–Trinajstić information content (AvgIpc) is 2.11. The van der Waals surface area contributed by atoms with E-state index in [1.165, 1.54) is 0 Å². The number of amides is 1. The number of aliphatic imine (C=N–C) groups is 1. The molecule has 0 aliphatic rings. The van der Waals surface area contributed by atoms with E-state index in [-0.39, 0.29) is 5.91 Å². The number of nitrogens with zero attached hydrogens (tertiary/aromatic N) is 1. The molecule has 0 aromatic carbocycles. The molecule has 0 aliphatic heterocycles. The Kier molecular flexibility index (Phi) is 5.43. The third-order valence-corrected chi connectivity index (χ3v) is 1.36. The minimum Gasteiger partial charge on any atom is -0.311 e. The molecule has 0 radical (unpaired) electrons. The molecule has 0 aromatic heterocycles. The highest BCUT2D eigenvalue weighted by Crippen LogP contribution is 1.95. The predicted molar refractivity (Wildman–Crippen MR) is 54.1 cm³/mol. The van der Waals surface area contributed by atoms with E-state index < -0.39 is 0 Å². The first-order chi connectivity index (χ1) is 6.10. The highest BCUT2D eigenvalue weighted by atomic mass is 16.1. The fourth-order valence-electron chi connectivity index (χ4n) is 0.636. The standard InChI is InChI=1S/C9H15N3O/c1-4-9(13)12-8(11-3)6-5-7(2)10/h6,10H,3-5H2,1-2H3,(H,12,13)/b8-6+,10-7?. The number of allylic oxidation sites excluding steroid dienone is 1. The third kappa shape index (κ3) is 5.78. The van der Waals surface area contributed by atoms with E-state index in [1.807, 2.05) is 0 Å². The van der Waals surface area contributed by atoms with Crippen molar-refractivity contribution in [2.45, 2.75) is 26.7 Å². The Morgan fingerprint density at radius 1 is 1.69 bits per heavy atom. The quantitative estimate of drug-likeness (QED) is 0.620. The molecule has 13 heavy (non-hydrogen) atoms. The van der Waals surface area contributed by atoms with Crippen molar-refractivity contribution in [2.75, 3.05) is 0 Å². The highest BCUT2D eigenvalue weighted by Gasteiger charge is 1.98. The van der Waals surface area contributed by atoms with Gasteiger partial charge in [0.05, 0.1) is 0 Å². The van der Waals surface area contributed by atoms with Crippen molar-refractivity contribution in [3.05, 3.63) is 11.9 Å². The number of hydrogen-bond donors (Lipinski definition) is 2. The zero-order valence-corrected chi connectivity index (χ0v) is 8.05. The van der Waals surface area contributed by atoms with Gasteiger partial charge in [-0.1, -0.05) is 6.92 Å². The number of nitrogens with one attached hydrogen (secondary N) is 2. The van der Waals surface area contributed by atoms with Crippen LogP contribution >= 0.6 is 0 Å². The summed E-state index contributed by atoms with van der Waals surface area (Å²) in [7, 11) is 0. The SMILES string of the molecule is C=N/C(=C\CC(C)=N)NC(=O)CC. The molecule has 0 saturated carbocycles. The van der Waals surface area contributed by atoms with Gasteiger partial charge in [0, 0.05) is 18.6 Å². The first-order valence-corrected chi connectivity index (χ1v) is 4.11. The molecule has 0 spiro atoms. The van der Waals surface area contributed by atoms with Gasteiger partial charge in [-0.2, -0.15) is 0 Å². The molecule has 0 heterocycles. The molecule has 0 atom stereocenters. The zero-order valence-electron chi connectivity index (χ0n) is 8.05. The summed E-state index contributed by atoms with van der Waals surface area (Å²) in [6.07, 6.45) is 2.57. The maximum Gasteiger partial charge on any atom is 0.225 e. The molecule has 0 saturated heterocycles. The second-order valence-corrected chi connectivity index (χ2v) is 2.63. The van der Waals surface area contributed by atoms with E-state index in [4.69, 9.17) is 5.41 Å². The summed E-state index contributed by atoms with van der Waals surface area (Å²) in [5, 5.41) is 9.74. The fraction of sp³-hybridized carbons (Fsp3) is 0.444. The van der Waals surface area contributed by atoms with E-state index in [0.717, 1.165) is 0 Å². The van der Waals surface area contributed by atoms with Gasteiger partial charge < -0.3 is 10.7 Å². The smallest absolute Gasteiger partial charge is 0.225 e. The molecule has 0 unspecified atom stereocenters. The first-order valence-electron chi connectivity index (χ1n) is 4.11. The van der Waals surface area contributed by atoms with E-state index in [1.54, 1.807) is 19.9 Å². The van der Waals surface area contributed by atoms with Gasteiger partial charge in [-0.3, -0.25) is 4.79 Å². The lowest BCUT2D eigenvalue weighted by molar-refractivity contribution is -0.120. The Labute approximate surface area is 78.3 Å². The molecule has 0 rings (SSSR count). The molecule has 0 aromatic rings. The normalized spacial score (nSPS) is 10.8. The van der Waals surface area contributed by atoms with Gasteiger partial charge in [0.1, 0.15) is 5.82 Å². The Bertz CT molecular complexity index is 243. The molecule has 0 fully saturated rings. The molecule has 4 heteroatoms. The molecular formula is C9H15N3O. The van der Waals surface area contributed by atoms with Gasteiger partial charge in [0.2, 0.25) is 5.91 Å². The highest BCUT2D eigenvalue weighted by molar-refractivity contribution is 5.81. The van der Waals surface area contributed by atoms with Crippen molar-refractivity contribution in [1.29, 1.82) is 5.41 Å². The van der Waals surface area contributed by atoms with Gasteiger partial charge in [-0.15, -0.1) is 0 Å². The predicted octanol–water partition coefficient (Wildman–Crippen LogP) is 1.48. The molecule has 1 amide bonds. The topological polar surface area (TPSA) is 65.3 Å². The van der Waals surface area contributed by atoms with Crippen molar-refractivity contribution < 1.29 is 4.79 Å². The number of rotatable bonds is 5. The van der Waals surface area contributed by atoms with Crippen LogP contribution in [-0.2, 0) is 4.79 Å². The molecule has 2 N–H and O–H groups in total. The van der Waals surface area contributed by atoms with Crippen molar-refractivity contribution in [3.63, 3.8) is 0 Å². The maximum absolute atomic E-state index is 10.9. The Morgan fingerprint density at radius 3 is 2.69 bits per heavy atom. The third-order valence-electron chi connectivity index (χ3n) is 1.36. The van der Waals surface area contributed by atoms with Gasteiger partial charge in [0.15, 0.2) is 0 Å². The van der Waals surface area contributed by atoms with Crippen LogP contribution in [0.4, 0.5) is 0 Å². The molecule has 0 bridgehead atoms. The summed E-state index contributed by atoms with van der Waals surface area (Å²) >= 11 is 0. The lowest BCUT2D eigenvalue weighted by atomic mass is 10.3. The summed E-state index contributed by atoms with van der Waals surface area (Å²) in [5.74, 6) is 0.333. The summed E-state index contributed by atoms with van der Waals surface area (Å²) < 4.78 is 0. The minimum absolute atomic E-state index is 0.0960. The maximum atomic E-state index is 10.9. The molecular weight excluding hydrogens is 166 g/mol. The molecule has 4 nitrogen and oxygen atoms in total. The number of carbonyl (C=O) groups excluding carboxylic acids is 1. The summed E-state index contributed by atoms with van der Waals surface area (Å²) in [6, 6.07) is 0. The van der Waals surface area contributed by atoms with E-state index >= 15 is 0 Å². The van der Waals surface area contributed by atoms with Crippen LogP contribution in [0.1, 0.15) is 26.7 Å². The fourth-order valence-corrected chi connectivity index (χ4v) is 0.636.